The normalized spacial score (nSPS) is 10.1. The zero-order valence-electron chi connectivity index (χ0n) is 10.2. The Morgan fingerprint density at radius 2 is 2.11 bits per heavy atom. The van der Waals surface area contributed by atoms with Crippen LogP contribution in [0.5, 0.6) is 0 Å². The molecule has 0 fully saturated rings. The minimum absolute atomic E-state index is 0.174. The van der Waals surface area contributed by atoms with Gasteiger partial charge in [-0.15, -0.1) is 6.58 Å². The van der Waals surface area contributed by atoms with E-state index in [2.05, 4.69) is 6.58 Å². The summed E-state index contributed by atoms with van der Waals surface area (Å²) in [5.74, 6) is -3.11. The molecule has 0 atom stereocenters. The number of likely N-dealkylation sites (N-methyl/N-ethyl adjacent to an activating group) is 1. The van der Waals surface area contributed by atoms with Gasteiger partial charge in [-0.1, -0.05) is 6.08 Å². The first-order chi connectivity index (χ1) is 8.92. The van der Waals surface area contributed by atoms with E-state index in [1.165, 1.54) is 11.0 Å². The van der Waals surface area contributed by atoms with Gasteiger partial charge in [-0.25, -0.2) is 4.39 Å². The summed E-state index contributed by atoms with van der Waals surface area (Å²) in [5.41, 5.74) is -1.53. The zero-order chi connectivity index (χ0) is 14.6. The number of nitro groups is 1. The van der Waals surface area contributed by atoms with E-state index in [0.29, 0.717) is 12.1 Å². The van der Waals surface area contributed by atoms with Crippen LogP contribution in [-0.4, -0.2) is 28.8 Å². The lowest BCUT2D eigenvalue weighted by atomic mass is 10.1. The van der Waals surface area contributed by atoms with E-state index >= 15 is 0 Å². The number of nitro benzene ring substituents is 1. The highest BCUT2D eigenvalue weighted by Crippen LogP contribution is 2.22. The Morgan fingerprint density at radius 3 is 2.58 bits per heavy atom. The van der Waals surface area contributed by atoms with Crippen molar-refractivity contribution >= 4 is 11.6 Å². The van der Waals surface area contributed by atoms with E-state index in [-0.39, 0.29) is 13.1 Å². The average molecular weight is 270 g/mol. The lowest BCUT2D eigenvalue weighted by Crippen LogP contribution is -2.31. The van der Waals surface area contributed by atoms with Gasteiger partial charge in [0.05, 0.1) is 16.6 Å². The van der Waals surface area contributed by atoms with Crippen LogP contribution in [0.2, 0.25) is 0 Å². The smallest absolute Gasteiger partial charge is 0.307 e. The third-order valence-electron chi connectivity index (χ3n) is 2.48. The van der Waals surface area contributed by atoms with Crippen LogP contribution in [0.15, 0.2) is 24.8 Å². The predicted octanol–water partition coefficient (Wildman–Crippen LogP) is 2.52. The fourth-order valence-electron chi connectivity index (χ4n) is 1.52. The first-order valence-corrected chi connectivity index (χ1v) is 5.46. The Hall–Kier alpha value is -2.31. The standard InChI is InChI=1S/C12H12F2N2O3/c1-3-5-15(4-2)12(17)8-6-10(14)11(16(18)19)7-9(8)13/h3,6-7H,1,4-5H2,2H3. The molecule has 0 spiro atoms. The van der Waals surface area contributed by atoms with Gasteiger partial charge < -0.3 is 4.90 Å². The number of halogens is 2. The van der Waals surface area contributed by atoms with Crippen LogP contribution in [0.1, 0.15) is 17.3 Å². The quantitative estimate of drug-likeness (QED) is 0.469. The van der Waals surface area contributed by atoms with Gasteiger partial charge in [0.25, 0.3) is 5.91 Å². The molecule has 0 heterocycles. The molecule has 1 amide bonds. The summed E-state index contributed by atoms with van der Waals surface area (Å²) in [6.45, 7) is 5.57. The van der Waals surface area contributed by atoms with E-state index in [1.54, 1.807) is 6.92 Å². The van der Waals surface area contributed by atoms with Crippen molar-refractivity contribution in [3.05, 3.63) is 52.1 Å². The molecule has 0 saturated carbocycles. The van der Waals surface area contributed by atoms with Gasteiger partial charge in [-0.05, 0) is 13.0 Å². The molecule has 0 saturated heterocycles. The van der Waals surface area contributed by atoms with Crippen LogP contribution in [-0.2, 0) is 0 Å². The van der Waals surface area contributed by atoms with Gasteiger partial charge in [-0.2, -0.15) is 4.39 Å². The summed E-state index contributed by atoms with van der Waals surface area (Å²) >= 11 is 0. The SMILES string of the molecule is C=CCN(CC)C(=O)c1cc(F)c([N+](=O)[O-])cc1F. The summed E-state index contributed by atoms with van der Waals surface area (Å²) in [6, 6.07) is 0.950. The topological polar surface area (TPSA) is 63.5 Å². The van der Waals surface area contributed by atoms with Crippen molar-refractivity contribution in [3.63, 3.8) is 0 Å². The Bertz CT molecular complexity index is 532. The lowest BCUT2D eigenvalue weighted by Gasteiger charge is -2.19. The van der Waals surface area contributed by atoms with Crippen molar-refractivity contribution in [2.75, 3.05) is 13.1 Å². The minimum atomic E-state index is -1.25. The summed E-state index contributed by atoms with van der Waals surface area (Å²) in [7, 11) is 0. The Balaban J connectivity index is 3.21. The second kappa shape index (κ2) is 6.03. The fraction of sp³-hybridized carbons (Fsp3) is 0.250. The fourth-order valence-corrected chi connectivity index (χ4v) is 1.52. The summed E-state index contributed by atoms with van der Waals surface area (Å²) in [4.78, 5) is 22.5. The Labute approximate surface area is 108 Å². The molecular formula is C12H12F2N2O3. The van der Waals surface area contributed by atoms with Gasteiger partial charge in [0.2, 0.25) is 5.82 Å². The molecule has 1 aromatic rings. The highest BCUT2D eigenvalue weighted by molar-refractivity contribution is 5.94. The van der Waals surface area contributed by atoms with Crippen molar-refractivity contribution in [3.8, 4) is 0 Å². The maximum Gasteiger partial charge on any atom is 0.307 e. The first-order valence-electron chi connectivity index (χ1n) is 5.46. The Morgan fingerprint density at radius 1 is 1.47 bits per heavy atom. The number of carbonyl (C=O) groups excluding carboxylic acids is 1. The van der Waals surface area contributed by atoms with Crippen LogP contribution >= 0.6 is 0 Å². The number of hydrogen-bond donors (Lipinski definition) is 0. The minimum Gasteiger partial charge on any atom is -0.335 e. The third kappa shape index (κ3) is 3.12. The lowest BCUT2D eigenvalue weighted by molar-refractivity contribution is -0.387. The number of benzene rings is 1. The van der Waals surface area contributed by atoms with Crippen molar-refractivity contribution in [1.82, 2.24) is 4.90 Å². The van der Waals surface area contributed by atoms with Crippen molar-refractivity contribution < 1.29 is 18.5 Å². The molecule has 7 heteroatoms. The van der Waals surface area contributed by atoms with E-state index in [9.17, 15) is 23.7 Å². The third-order valence-corrected chi connectivity index (χ3v) is 2.48. The van der Waals surface area contributed by atoms with Gasteiger partial charge in [-0.3, -0.25) is 14.9 Å². The highest BCUT2D eigenvalue weighted by Gasteiger charge is 2.24. The number of rotatable bonds is 5. The molecule has 1 rings (SSSR count). The number of hydrogen-bond acceptors (Lipinski definition) is 3. The van der Waals surface area contributed by atoms with E-state index < -0.39 is 33.7 Å². The molecule has 0 aliphatic heterocycles. The zero-order valence-corrected chi connectivity index (χ0v) is 10.2. The molecule has 0 aliphatic rings. The number of carbonyl (C=O) groups is 1. The predicted molar refractivity (Wildman–Crippen MR) is 64.8 cm³/mol. The monoisotopic (exact) mass is 270 g/mol. The molecule has 0 unspecified atom stereocenters. The van der Waals surface area contributed by atoms with Gasteiger partial charge in [0, 0.05) is 13.1 Å². The van der Waals surface area contributed by atoms with Crippen molar-refractivity contribution in [1.29, 1.82) is 0 Å². The first kappa shape index (κ1) is 14.7. The van der Waals surface area contributed by atoms with E-state index in [0.717, 1.165) is 0 Å². The molecule has 19 heavy (non-hydrogen) atoms. The maximum absolute atomic E-state index is 13.6. The van der Waals surface area contributed by atoms with E-state index in [4.69, 9.17) is 0 Å². The second-order valence-electron chi connectivity index (χ2n) is 3.67. The molecule has 102 valence electrons. The average Bonchev–Trinajstić information content (AvgIpc) is 2.37. The Kier molecular flexibility index (Phi) is 4.68. The summed E-state index contributed by atoms with van der Waals surface area (Å²) in [5, 5.41) is 10.4. The van der Waals surface area contributed by atoms with Crippen LogP contribution < -0.4 is 0 Å². The molecule has 0 bridgehead atoms. The molecule has 0 aliphatic carbocycles. The van der Waals surface area contributed by atoms with Crippen LogP contribution in [0, 0.1) is 21.7 Å². The molecule has 0 N–H and O–H groups in total. The summed E-state index contributed by atoms with van der Waals surface area (Å²) < 4.78 is 27.0. The van der Waals surface area contributed by atoms with Crippen molar-refractivity contribution in [2.24, 2.45) is 0 Å². The number of amides is 1. The van der Waals surface area contributed by atoms with Crippen LogP contribution in [0.4, 0.5) is 14.5 Å². The van der Waals surface area contributed by atoms with Crippen LogP contribution in [0.25, 0.3) is 0 Å². The van der Waals surface area contributed by atoms with E-state index in [1.807, 2.05) is 0 Å². The highest BCUT2D eigenvalue weighted by atomic mass is 19.1. The maximum atomic E-state index is 13.6. The second-order valence-corrected chi connectivity index (χ2v) is 3.67. The van der Waals surface area contributed by atoms with Gasteiger partial charge >= 0.3 is 5.69 Å². The van der Waals surface area contributed by atoms with Crippen LogP contribution in [0.3, 0.4) is 0 Å². The number of nitrogens with zero attached hydrogens (tertiary/aromatic N) is 2. The molecular weight excluding hydrogens is 258 g/mol. The largest absolute Gasteiger partial charge is 0.335 e. The molecule has 0 radical (unpaired) electrons. The molecule has 0 aromatic heterocycles. The molecule has 1 aromatic carbocycles. The summed E-state index contributed by atoms with van der Waals surface area (Å²) in [6.07, 6.45) is 1.45. The van der Waals surface area contributed by atoms with Crippen molar-refractivity contribution in [2.45, 2.75) is 6.92 Å². The van der Waals surface area contributed by atoms with Gasteiger partial charge in [0.1, 0.15) is 5.82 Å². The molecule has 5 nitrogen and oxygen atoms in total. The van der Waals surface area contributed by atoms with Gasteiger partial charge in [0.15, 0.2) is 0 Å².